The third kappa shape index (κ3) is 2.85. The lowest BCUT2D eigenvalue weighted by molar-refractivity contribution is -0.922. The fraction of sp³-hybridized carbons (Fsp3) is 0.692. The van der Waals surface area contributed by atoms with Gasteiger partial charge in [0.05, 0.1) is 13.1 Å². The molecule has 1 atom stereocenters. The molecule has 84 valence electrons. The van der Waals surface area contributed by atoms with E-state index >= 15 is 0 Å². The van der Waals surface area contributed by atoms with E-state index in [4.69, 9.17) is 4.42 Å². The van der Waals surface area contributed by atoms with E-state index in [9.17, 15) is 0 Å². The fourth-order valence-corrected chi connectivity index (χ4v) is 2.59. The smallest absolute Gasteiger partial charge is 0.158 e. The zero-order valence-corrected chi connectivity index (χ0v) is 9.88. The van der Waals surface area contributed by atoms with Crippen molar-refractivity contribution in [2.45, 2.75) is 51.6 Å². The van der Waals surface area contributed by atoms with Crippen molar-refractivity contribution in [3.05, 3.63) is 23.7 Å². The normalized spacial score (nSPS) is 20.4. The van der Waals surface area contributed by atoms with Gasteiger partial charge in [-0.1, -0.05) is 6.42 Å². The molecule has 1 fully saturated rings. The molecule has 1 N–H and O–H groups in total. The predicted octanol–water partition coefficient (Wildman–Crippen LogP) is 1.94. The van der Waals surface area contributed by atoms with Crippen LogP contribution in [0.25, 0.3) is 0 Å². The van der Waals surface area contributed by atoms with Crippen molar-refractivity contribution in [2.24, 2.45) is 0 Å². The Hall–Kier alpha value is -0.760. The summed E-state index contributed by atoms with van der Waals surface area (Å²) in [7, 11) is 2.30. The highest BCUT2D eigenvalue weighted by molar-refractivity contribution is 5.04. The van der Waals surface area contributed by atoms with Crippen LogP contribution < -0.4 is 4.90 Å². The Balaban J connectivity index is 1.88. The first-order valence-electron chi connectivity index (χ1n) is 6.13. The van der Waals surface area contributed by atoms with Crippen LogP contribution in [0.5, 0.6) is 0 Å². The summed E-state index contributed by atoms with van der Waals surface area (Å²) in [6, 6.07) is 5.02. The monoisotopic (exact) mass is 208 g/mol. The molecule has 1 heterocycles. The molecule has 1 aliphatic carbocycles. The van der Waals surface area contributed by atoms with E-state index in [0.29, 0.717) is 0 Å². The van der Waals surface area contributed by atoms with Gasteiger partial charge in [0.1, 0.15) is 12.3 Å². The molecule has 2 rings (SSSR count). The van der Waals surface area contributed by atoms with Gasteiger partial charge in [0.25, 0.3) is 0 Å². The maximum atomic E-state index is 5.62. The Morgan fingerprint density at radius 2 is 2.00 bits per heavy atom. The number of hydrogen-bond acceptors (Lipinski definition) is 1. The number of quaternary nitrogens is 1. The van der Waals surface area contributed by atoms with Gasteiger partial charge in [0.2, 0.25) is 0 Å². The summed E-state index contributed by atoms with van der Waals surface area (Å²) in [5.74, 6) is 2.16. The molecule has 0 radical (unpaired) electrons. The number of aryl methyl sites for hydroxylation is 1. The summed E-state index contributed by atoms with van der Waals surface area (Å²) >= 11 is 0. The van der Waals surface area contributed by atoms with Gasteiger partial charge in [-0.05, 0) is 44.7 Å². The van der Waals surface area contributed by atoms with Crippen LogP contribution >= 0.6 is 0 Å². The number of rotatable bonds is 3. The molecule has 0 aromatic carbocycles. The van der Waals surface area contributed by atoms with Crippen LogP contribution in [0.2, 0.25) is 0 Å². The molecule has 1 unspecified atom stereocenters. The lowest BCUT2D eigenvalue weighted by Crippen LogP contribution is -3.11. The fourth-order valence-electron chi connectivity index (χ4n) is 2.59. The second-order valence-electron chi connectivity index (χ2n) is 4.87. The van der Waals surface area contributed by atoms with Gasteiger partial charge >= 0.3 is 0 Å². The van der Waals surface area contributed by atoms with E-state index in [-0.39, 0.29) is 0 Å². The molecule has 0 spiro atoms. The first kappa shape index (κ1) is 10.7. The van der Waals surface area contributed by atoms with Gasteiger partial charge in [-0.2, -0.15) is 0 Å². The quantitative estimate of drug-likeness (QED) is 0.803. The van der Waals surface area contributed by atoms with Crippen LogP contribution in [-0.4, -0.2) is 13.1 Å². The van der Waals surface area contributed by atoms with Crippen LogP contribution in [-0.2, 0) is 6.54 Å². The average Bonchev–Trinajstić information content (AvgIpc) is 2.65. The number of nitrogens with one attached hydrogen (secondary N) is 1. The summed E-state index contributed by atoms with van der Waals surface area (Å²) < 4.78 is 5.62. The molecular weight excluding hydrogens is 186 g/mol. The number of furan rings is 1. The lowest BCUT2D eigenvalue weighted by atomic mass is 9.94. The molecule has 15 heavy (non-hydrogen) atoms. The van der Waals surface area contributed by atoms with Gasteiger partial charge in [-0.3, -0.25) is 0 Å². The second-order valence-corrected chi connectivity index (χ2v) is 4.87. The largest absolute Gasteiger partial charge is 0.460 e. The summed E-state index contributed by atoms with van der Waals surface area (Å²) in [6.45, 7) is 3.05. The minimum absolute atomic E-state index is 0.851. The van der Waals surface area contributed by atoms with Crippen LogP contribution in [0.1, 0.15) is 43.6 Å². The van der Waals surface area contributed by atoms with E-state index in [1.54, 1.807) is 4.90 Å². The third-order valence-corrected chi connectivity index (χ3v) is 3.55. The van der Waals surface area contributed by atoms with Crippen molar-refractivity contribution in [2.75, 3.05) is 7.05 Å². The highest BCUT2D eigenvalue weighted by Crippen LogP contribution is 2.15. The molecule has 1 aromatic heterocycles. The van der Waals surface area contributed by atoms with E-state index in [0.717, 1.165) is 24.1 Å². The Morgan fingerprint density at radius 3 is 2.60 bits per heavy atom. The molecule has 0 saturated heterocycles. The molecule has 2 nitrogen and oxygen atoms in total. The highest BCUT2D eigenvalue weighted by Gasteiger charge is 2.22. The van der Waals surface area contributed by atoms with Gasteiger partial charge in [-0.25, -0.2) is 0 Å². The highest BCUT2D eigenvalue weighted by atomic mass is 16.3. The molecule has 1 saturated carbocycles. The molecule has 1 aromatic rings. The van der Waals surface area contributed by atoms with Crippen molar-refractivity contribution >= 4 is 0 Å². The molecule has 0 amide bonds. The van der Waals surface area contributed by atoms with Gasteiger partial charge < -0.3 is 9.32 Å². The SMILES string of the molecule is Cc1ccc(C[NH+](C)C2CCCCC2)o1. The standard InChI is InChI=1S/C13H21NO/c1-11-8-9-13(15-11)10-14(2)12-6-4-3-5-7-12/h8-9,12H,3-7,10H2,1-2H3/p+1. The van der Waals surface area contributed by atoms with E-state index in [1.165, 1.54) is 32.1 Å². The summed E-state index contributed by atoms with van der Waals surface area (Å²) in [5.41, 5.74) is 0. The van der Waals surface area contributed by atoms with Crippen LogP contribution in [0.3, 0.4) is 0 Å². The van der Waals surface area contributed by atoms with Crippen molar-refractivity contribution in [1.82, 2.24) is 0 Å². The average molecular weight is 208 g/mol. The minimum Gasteiger partial charge on any atom is -0.460 e. The first-order chi connectivity index (χ1) is 7.25. The van der Waals surface area contributed by atoms with Gasteiger partial charge in [0.15, 0.2) is 5.76 Å². The zero-order valence-electron chi connectivity index (χ0n) is 9.88. The predicted molar refractivity (Wildman–Crippen MR) is 60.9 cm³/mol. The van der Waals surface area contributed by atoms with Gasteiger partial charge in [-0.15, -0.1) is 0 Å². The van der Waals surface area contributed by atoms with E-state index in [1.807, 2.05) is 6.92 Å². The molecule has 0 bridgehead atoms. The van der Waals surface area contributed by atoms with Crippen molar-refractivity contribution in [3.8, 4) is 0 Å². The molecule has 0 aliphatic heterocycles. The molecular formula is C13H22NO+. The third-order valence-electron chi connectivity index (χ3n) is 3.55. The maximum Gasteiger partial charge on any atom is 0.158 e. The van der Waals surface area contributed by atoms with Crippen molar-refractivity contribution in [1.29, 1.82) is 0 Å². The van der Waals surface area contributed by atoms with E-state index < -0.39 is 0 Å². The Bertz CT molecular complexity index is 299. The topological polar surface area (TPSA) is 17.6 Å². The summed E-state index contributed by atoms with van der Waals surface area (Å²) in [6.07, 6.45) is 7.05. The van der Waals surface area contributed by atoms with Crippen LogP contribution in [0.15, 0.2) is 16.5 Å². The van der Waals surface area contributed by atoms with Crippen molar-refractivity contribution < 1.29 is 9.32 Å². The Kier molecular flexibility index (Phi) is 3.47. The van der Waals surface area contributed by atoms with Crippen LogP contribution in [0, 0.1) is 6.92 Å². The maximum absolute atomic E-state index is 5.62. The van der Waals surface area contributed by atoms with Crippen LogP contribution in [0.4, 0.5) is 0 Å². The van der Waals surface area contributed by atoms with E-state index in [2.05, 4.69) is 19.2 Å². The first-order valence-corrected chi connectivity index (χ1v) is 6.13. The van der Waals surface area contributed by atoms with Crippen molar-refractivity contribution in [3.63, 3.8) is 0 Å². The Labute approximate surface area is 92.3 Å². The molecule has 1 aliphatic rings. The number of hydrogen-bond donors (Lipinski definition) is 1. The minimum atomic E-state index is 0.851. The Morgan fingerprint density at radius 1 is 1.27 bits per heavy atom. The second kappa shape index (κ2) is 4.84. The summed E-state index contributed by atoms with van der Waals surface area (Å²) in [5, 5.41) is 0. The van der Waals surface area contributed by atoms with Gasteiger partial charge in [0, 0.05) is 0 Å². The zero-order chi connectivity index (χ0) is 10.7. The lowest BCUT2D eigenvalue weighted by Gasteiger charge is -2.27. The molecule has 2 heteroatoms. The summed E-state index contributed by atoms with van der Waals surface area (Å²) in [4.78, 5) is 1.61.